The lowest BCUT2D eigenvalue weighted by molar-refractivity contribution is -0.150. The second-order valence-electron chi connectivity index (χ2n) is 4.15. The van der Waals surface area contributed by atoms with Crippen molar-refractivity contribution in [1.82, 2.24) is 0 Å². The molecule has 86 valence electrons. The first-order chi connectivity index (χ1) is 7.06. The van der Waals surface area contributed by atoms with E-state index in [-0.39, 0.29) is 23.7 Å². The van der Waals surface area contributed by atoms with Gasteiger partial charge in [-0.05, 0) is 32.1 Å². The molecule has 3 atom stereocenters. The highest BCUT2D eigenvalue weighted by molar-refractivity contribution is 5.73. The molecule has 3 unspecified atom stereocenters. The van der Waals surface area contributed by atoms with E-state index in [9.17, 15) is 9.59 Å². The second kappa shape index (κ2) is 5.14. The highest BCUT2D eigenvalue weighted by Gasteiger charge is 2.35. The van der Waals surface area contributed by atoms with Crippen molar-refractivity contribution in [1.29, 1.82) is 0 Å². The van der Waals surface area contributed by atoms with Crippen LogP contribution in [-0.4, -0.2) is 23.7 Å². The van der Waals surface area contributed by atoms with Crippen molar-refractivity contribution in [2.75, 3.05) is 6.61 Å². The Morgan fingerprint density at radius 3 is 2.60 bits per heavy atom. The van der Waals surface area contributed by atoms with E-state index >= 15 is 0 Å². The molecule has 0 bridgehead atoms. The predicted molar refractivity (Wildman–Crippen MR) is 54.3 cm³/mol. The summed E-state index contributed by atoms with van der Waals surface area (Å²) in [6.45, 7) is 3.99. The summed E-state index contributed by atoms with van der Waals surface area (Å²) in [7, 11) is 0. The van der Waals surface area contributed by atoms with Gasteiger partial charge in [0.05, 0.1) is 18.4 Å². The Balaban J connectivity index is 2.46. The molecule has 1 N–H and O–H groups in total. The minimum atomic E-state index is -0.742. The van der Waals surface area contributed by atoms with Gasteiger partial charge in [0, 0.05) is 0 Å². The van der Waals surface area contributed by atoms with Crippen LogP contribution < -0.4 is 0 Å². The highest BCUT2D eigenvalue weighted by atomic mass is 16.5. The number of carboxylic acid groups (broad SMARTS) is 1. The van der Waals surface area contributed by atoms with Crippen LogP contribution in [0.15, 0.2) is 0 Å². The molecule has 15 heavy (non-hydrogen) atoms. The van der Waals surface area contributed by atoms with Gasteiger partial charge in [-0.3, -0.25) is 9.59 Å². The summed E-state index contributed by atoms with van der Waals surface area (Å²) in [4.78, 5) is 22.2. The zero-order valence-electron chi connectivity index (χ0n) is 9.23. The van der Waals surface area contributed by atoms with Gasteiger partial charge < -0.3 is 9.84 Å². The van der Waals surface area contributed by atoms with E-state index in [1.807, 2.05) is 6.92 Å². The van der Waals surface area contributed by atoms with E-state index in [2.05, 4.69) is 0 Å². The molecule has 0 radical (unpaired) electrons. The first-order valence-electron chi connectivity index (χ1n) is 5.45. The van der Waals surface area contributed by atoms with E-state index in [0.717, 1.165) is 6.42 Å². The fourth-order valence-corrected chi connectivity index (χ4v) is 2.16. The van der Waals surface area contributed by atoms with Crippen LogP contribution in [0, 0.1) is 17.8 Å². The number of rotatable bonds is 4. The predicted octanol–water partition coefficient (Wildman–Crippen LogP) is 1.69. The standard InChI is InChI=1S/C11H18O4/c1-3-15-11(14)7(2)8-4-5-9(6-8)10(12)13/h7-9H,3-6H2,1-2H3,(H,12,13). The third-order valence-electron chi connectivity index (χ3n) is 3.19. The molecule has 0 aromatic heterocycles. The summed E-state index contributed by atoms with van der Waals surface area (Å²) in [6, 6.07) is 0. The first kappa shape index (κ1) is 12.0. The lowest BCUT2D eigenvalue weighted by Crippen LogP contribution is -2.22. The van der Waals surface area contributed by atoms with Crippen LogP contribution >= 0.6 is 0 Å². The molecular formula is C11H18O4. The van der Waals surface area contributed by atoms with E-state index in [1.54, 1.807) is 6.92 Å². The van der Waals surface area contributed by atoms with Crippen molar-refractivity contribution >= 4 is 11.9 Å². The number of hydrogen-bond donors (Lipinski definition) is 1. The van der Waals surface area contributed by atoms with Gasteiger partial charge >= 0.3 is 11.9 Å². The average molecular weight is 214 g/mol. The Hall–Kier alpha value is -1.06. The van der Waals surface area contributed by atoms with E-state index in [4.69, 9.17) is 9.84 Å². The molecule has 1 saturated carbocycles. The molecule has 0 aliphatic heterocycles. The molecule has 0 saturated heterocycles. The molecule has 1 rings (SSSR count). The molecule has 0 amide bonds. The fourth-order valence-electron chi connectivity index (χ4n) is 2.16. The molecule has 0 aromatic carbocycles. The summed E-state index contributed by atoms with van der Waals surface area (Å²) >= 11 is 0. The van der Waals surface area contributed by atoms with Crippen LogP contribution in [0.25, 0.3) is 0 Å². The van der Waals surface area contributed by atoms with Gasteiger partial charge in [0.1, 0.15) is 0 Å². The number of carbonyl (C=O) groups is 2. The SMILES string of the molecule is CCOC(=O)C(C)C1CCC(C(=O)O)C1. The number of carbonyl (C=O) groups excluding carboxylic acids is 1. The van der Waals surface area contributed by atoms with Crippen molar-refractivity contribution in [3.8, 4) is 0 Å². The topological polar surface area (TPSA) is 63.6 Å². The minimum Gasteiger partial charge on any atom is -0.481 e. The highest BCUT2D eigenvalue weighted by Crippen LogP contribution is 2.36. The Bertz CT molecular complexity index is 249. The van der Waals surface area contributed by atoms with Crippen LogP contribution in [0.1, 0.15) is 33.1 Å². The Morgan fingerprint density at radius 1 is 1.47 bits per heavy atom. The lowest BCUT2D eigenvalue weighted by Gasteiger charge is -2.16. The van der Waals surface area contributed by atoms with Crippen LogP contribution in [0.2, 0.25) is 0 Å². The smallest absolute Gasteiger partial charge is 0.308 e. The molecular weight excluding hydrogens is 196 g/mol. The maximum absolute atomic E-state index is 11.4. The van der Waals surface area contributed by atoms with Gasteiger partial charge in [-0.15, -0.1) is 0 Å². The van der Waals surface area contributed by atoms with Crippen LogP contribution in [0.4, 0.5) is 0 Å². The average Bonchev–Trinajstić information content (AvgIpc) is 2.65. The Labute approximate surface area is 89.6 Å². The summed E-state index contributed by atoms with van der Waals surface area (Å²) in [5, 5.41) is 8.84. The molecule has 1 aliphatic rings. The number of carboxylic acids is 1. The normalized spacial score (nSPS) is 27.3. The number of aliphatic carboxylic acids is 1. The number of hydrogen-bond acceptors (Lipinski definition) is 3. The zero-order valence-corrected chi connectivity index (χ0v) is 9.23. The quantitative estimate of drug-likeness (QED) is 0.723. The fraction of sp³-hybridized carbons (Fsp3) is 0.818. The first-order valence-corrected chi connectivity index (χ1v) is 5.45. The van der Waals surface area contributed by atoms with Gasteiger partial charge in [0.15, 0.2) is 0 Å². The van der Waals surface area contributed by atoms with Gasteiger partial charge in [0.25, 0.3) is 0 Å². The molecule has 0 aromatic rings. The summed E-state index contributed by atoms with van der Waals surface area (Å²) < 4.78 is 4.93. The van der Waals surface area contributed by atoms with Crippen LogP contribution in [0.5, 0.6) is 0 Å². The maximum Gasteiger partial charge on any atom is 0.308 e. The summed E-state index contributed by atoms with van der Waals surface area (Å²) in [6.07, 6.45) is 2.11. The second-order valence-corrected chi connectivity index (χ2v) is 4.15. The van der Waals surface area contributed by atoms with E-state index in [0.29, 0.717) is 19.4 Å². The van der Waals surface area contributed by atoms with E-state index < -0.39 is 5.97 Å². The third-order valence-corrected chi connectivity index (χ3v) is 3.19. The molecule has 4 heteroatoms. The van der Waals surface area contributed by atoms with Crippen LogP contribution in [-0.2, 0) is 14.3 Å². The lowest BCUT2D eigenvalue weighted by atomic mass is 9.92. The van der Waals surface area contributed by atoms with Gasteiger partial charge in [-0.1, -0.05) is 6.92 Å². The Morgan fingerprint density at radius 2 is 2.13 bits per heavy atom. The van der Waals surface area contributed by atoms with Crippen LogP contribution in [0.3, 0.4) is 0 Å². The minimum absolute atomic E-state index is 0.171. The van der Waals surface area contributed by atoms with Crippen molar-refractivity contribution < 1.29 is 19.4 Å². The molecule has 1 aliphatic carbocycles. The summed E-state index contributed by atoms with van der Waals surface area (Å²) in [5.41, 5.74) is 0. The largest absolute Gasteiger partial charge is 0.481 e. The van der Waals surface area contributed by atoms with Crippen molar-refractivity contribution in [3.63, 3.8) is 0 Å². The van der Waals surface area contributed by atoms with Gasteiger partial charge in [-0.25, -0.2) is 0 Å². The van der Waals surface area contributed by atoms with Crippen molar-refractivity contribution in [3.05, 3.63) is 0 Å². The molecule has 4 nitrogen and oxygen atoms in total. The number of ether oxygens (including phenoxy) is 1. The van der Waals surface area contributed by atoms with Gasteiger partial charge in [0.2, 0.25) is 0 Å². The monoisotopic (exact) mass is 214 g/mol. The number of esters is 1. The van der Waals surface area contributed by atoms with Gasteiger partial charge in [-0.2, -0.15) is 0 Å². The molecule has 0 heterocycles. The maximum atomic E-state index is 11.4. The van der Waals surface area contributed by atoms with Crippen molar-refractivity contribution in [2.24, 2.45) is 17.8 Å². The third kappa shape index (κ3) is 2.94. The van der Waals surface area contributed by atoms with Crippen molar-refractivity contribution in [2.45, 2.75) is 33.1 Å². The Kier molecular flexibility index (Phi) is 4.12. The zero-order chi connectivity index (χ0) is 11.4. The van der Waals surface area contributed by atoms with E-state index in [1.165, 1.54) is 0 Å². The molecule has 1 fully saturated rings. The molecule has 0 spiro atoms. The summed E-state index contributed by atoms with van der Waals surface area (Å²) in [5.74, 6) is -1.21.